The number of hydrogen-bond acceptors (Lipinski definition) is 1. The summed E-state index contributed by atoms with van der Waals surface area (Å²) in [5.41, 5.74) is 0. The van der Waals surface area contributed by atoms with Crippen LogP contribution in [0.3, 0.4) is 0 Å². The van der Waals surface area contributed by atoms with E-state index < -0.39 is 0 Å². The second kappa shape index (κ2) is 5.41. The molecule has 0 aromatic carbocycles. The van der Waals surface area contributed by atoms with Gasteiger partial charge in [0.15, 0.2) is 0 Å². The van der Waals surface area contributed by atoms with Crippen molar-refractivity contribution in [2.24, 2.45) is 11.8 Å². The highest BCUT2D eigenvalue weighted by atomic mass is 16.1. The molecule has 0 spiro atoms. The van der Waals surface area contributed by atoms with Crippen molar-refractivity contribution >= 4 is 5.78 Å². The molecule has 2 atom stereocenters. The highest BCUT2D eigenvalue weighted by Gasteiger charge is 2.23. The van der Waals surface area contributed by atoms with Crippen LogP contribution >= 0.6 is 0 Å². The Bertz CT molecular complexity index is 163. The summed E-state index contributed by atoms with van der Waals surface area (Å²) in [6.07, 6.45) is 8.10. The van der Waals surface area contributed by atoms with Gasteiger partial charge < -0.3 is 0 Å². The normalized spacial score (nSPS) is 26.0. The predicted molar refractivity (Wildman–Crippen MR) is 55.7 cm³/mol. The summed E-state index contributed by atoms with van der Waals surface area (Å²) in [5, 5.41) is 0. The van der Waals surface area contributed by atoms with Crippen LogP contribution in [-0.4, -0.2) is 5.78 Å². The van der Waals surface area contributed by atoms with Crippen molar-refractivity contribution in [3.8, 4) is 0 Å². The Morgan fingerprint density at radius 3 is 2.85 bits per heavy atom. The third-order valence-corrected chi connectivity index (χ3v) is 3.15. The predicted octanol–water partition coefficient (Wildman–Crippen LogP) is 3.57. The van der Waals surface area contributed by atoms with E-state index in [0.29, 0.717) is 11.7 Å². The lowest BCUT2D eigenvalue weighted by atomic mass is 9.81. The molecule has 76 valence electrons. The van der Waals surface area contributed by atoms with Crippen LogP contribution in [0.15, 0.2) is 0 Å². The molecule has 0 saturated heterocycles. The highest BCUT2D eigenvalue weighted by Crippen LogP contribution is 2.27. The maximum Gasteiger partial charge on any atom is 0.135 e. The summed E-state index contributed by atoms with van der Waals surface area (Å²) in [7, 11) is 0. The van der Waals surface area contributed by atoms with Gasteiger partial charge in [0.1, 0.15) is 5.78 Å². The molecule has 0 bridgehead atoms. The summed E-state index contributed by atoms with van der Waals surface area (Å²) >= 11 is 0. The fourth-order valence-corrected chi connectivity index (χ4v) is 2.40. The lowest BCUT2D eigenvalue weighted by molar-refractivity contribution is -0.125. The summed E-state index contributed by atoms with van der Waals surface area (Å²) in [6.45, 7) is 4.50. The number of rotatable bonds is 4. The molecule has 0 aromatic rings. The molecule has 0 N–H and O–H groups in total. The zero-order valence-corrected chi connectivity index (χ0v) is 9.01. The second-order valence-electron chi connectivity index (χ2n) is 4.54. The van der Waals surface area contributed by atoms with E-state index in [0.717, 1.165) is 31.6 Å². The maximum atomic E-state index is 11.5. The molecule has 1 rings (SSSR count). The lowest BCUT2D eigenvalue weighted by Crippen LogP contribution is -2.21. The van der Waals surface area contributed by atoms with Gasteiger partial charge in [0.05, 0.1) is 0 Å². The van der Waals surface area contributed by atoms with E-state index in [4.69, 9.17) is 0 Å². The molecule has 0 aliphatic heterocycles. The Labute approximate surface area is 81.9 Å². The molecule has 1 saturated carbocycles. The molecule has 0 heterocycles. The highest BCUT2D eigenvalue weighted by molar-refractivity contribution is 5.81. The van der Waals surface area contributed by atoms with Gasteiger partial charge in [0.2, 0.25) is 0 Å². The Hall–Kier alpha value is -0.330. The molecular formula is C12H22O. The van der Waals surface area contributed by atoms with Crippen molar-refractivity contribution in [2.75, 3.05) is 0 Å². The Kier molecular flexibility index (Phi) is 4.47. The molecule has 1 aliphatic rings. The monoisotopic (exact) mass is 182 g/mol. The number of hydrogen-bond donors (Lipinski definition) is 0. The number of ketones is 1. The first kappa shape index (κ1) is 10.7. The van der Waals surface area contributed by atoms with Crippen LogP contribution in [0.5, 0.6) is 0 Å². The van der Waals surface area contributed by atoms with E-state index in [1.165, 1.54) is 19.3 Å². The van der Waals surface area contributed by atoms with Crippen molar-refractivity contribution in [2.45, 2.75) is 58.8 Å². The van der Waals surface area contributed by atoms with Crippen molar-refractivity contribution in [3.05, 3.63) is 0 Å². The van der Waals surface area contributed by atoms with E-state index in [1.54, 1.807) is 0 Å². The van der Waals surface area contributed by atoms with Gasteiger partial charge in [-0.2, -0.15) is 0 Å². The standard InChI is InChI=1S/C12H22O/c1-3-6-10(2)9-11-7-4-5-8-12(11)13/h10-11H,3-9H2,1-2H3. The second-order valence-corrected chi connectivity index (χ2v) is 4.54. The molecule has 2 unspecified atom stereocenters. The van der Waals surface area contributed by atoms with Crippen molar-refractivity contribution in [3.63, 3.8) is 0 Å². The van der Waals surface area contributed by atoms with E-state index >= 15 is 0 Å². The number of Topliss-reactive ketones (excluding diaryl/α,β-unsaturated/α-hetero) is 1. The molecule has 1 heteroatoms. The van der Waals surface area contributed by atoms with E-state index in [-0.39, 0.29) is 0 Å². The minimum Gasteiger partial charge on any atom is -0.299 e. The van der Waals surface area contributed by atoms with Crippen LogP contribution in [0.25, 0.3) is 0 Å². The summed E-state index contributed by atoms with van der Waals surface area (Å²) in [4.78, 5) is 11.5. The van der Waals surface area contributed by atoms with Gasteiger partial charge in [-0.25, -0.2) is 0 Å². The summed E-state index contributed by atoms with van der Waals surface area (Å²) < 4.78 is 0. The number of carbonyl (C=O) groups excluding carboxylic acids is 1. The van der Waals surface area contributed by atoms with Crippen molar-refractivity contribution in [1.29, 1.82) is 0 Å². The molecule has 0 amide bonds. The number of carbonyl (C=O) groups is 1. The summed E-state index contributed by atoms with van der Waals surface area (Å²) in [5.74, 6) is 1.70. The third kappa shape index (κ3) is 3.50. The van der Waals surface area contributed by atoms with Crippen LogP contribution in [-0.2, 0) is 4.79 Å². The van der Waals surface area contributed by atoms with Crippen LogP contribution in [0.4, 0.5) is 0 Å². The third-order valence-electron chi connectivity index (χ3n) is 3.15. The van der Waals surface area contributed by atoms with Crippen LogP contribution in [0, 0.1) is 11.8 Å². The molecule has 1 aliphatic carbocycles. The van der Waals surface area contributed by atoms with Crippen LogP contribution in [0.1, 0.15) is 58.8 Å². The quantitative estimate of drug-likeness (QED) is 0.649. The zero-order valence-electron chi connectivity index (χ0n) is 9.01. The van der Waals surface area contributed by atoms with Gasteiger partial charge in [-0.1, -0.05) is 33.1 Å². The fourth-order valence-electron chi connectivity index (χ4n) is 2.40. The SMILES string of the molecule is CCCC(C)CC1CCCCC1=O. The maximum absolute atomic E-state index is 11.5. The van der Waals surface area contributed by atoms with Crippen LogP contribution < -0.4 is 0 Å². The average Bonchev–Trinajstić information content (AvgIpc) is 2.09. The largest absolute Gasteiger partial charge is 0.299 e. The smallest absolute Gasteiger partial charge is 0.135 e. The Morgan fingerprint density at radius 1 is 1.46 bits per heavy atom. The first-order chi connectivity index (χ1) is 6.24. The van der Waals surface area contributed by atoms with Gasteiger partial charge in [-0.3, -0.25) is 4.79 Å². The molecular weight excluding hydrogens is 160 g/mol. The zero-order chi connectivity index (χ0) is 9.68. The van der Waals surface area contributed by atoms with Gasteiger partial charge in [-0.05, 0) is 25.2 Å². The van der Waals surface area contributed by atoms with E-state index in [9.17, 15) is 4.79 Å². The Morgan fingerprint density at radius 2 is 2.23 bits per heavy atom. The minimum atomic E-state index is 0.412. The van der Waals surface area contributed by atoms with Crippen molar-refractivity contribution < 1.29 is 4.79 Å². The molecule has 1 fully saturated rings. The van der Waals surface area contributed by atoms with Gasteiger partial charge in [-0.15, -0.1) is 0 Å². The minimum absolute atomic E-state index is 0.412. The van der Waals surface area contributed by atoms with Crippen molar-refractivity contribution in [1.82, 2.24) is 0 Å². The lowest BCUT2D eigenvalue weighted by Gasteiger charge is -2.23. The van der Waals surface area contributed by atoms with Crippen LogP contribution in [0.2, 0.25) is 0 Å². The topological polar surface area (TPSA) is 17.1 Å². The van der Waals surface area contributed by atoms with Gasteiger partial charge in [0, 0.05) is 12.3 Å². The van der Waals surface area contributed by atoms with E-state index in [1.807, 2.05) is 0 Å². The first-order valence-corrected chi connectivity index (χ1v) is 5.76. The Balaban J connectivity index is 2.29. The van der Waals surface area contributed by atoms with Gasteiger partial charge >= 0.3 is 0 Å². The molecule has 0 radical (unpaired) electrons. The average molecular weight is 182 g/mol. The first-order valence-electron chi connectivity index (χ1n) is 5.76. The molecule has 1 nitrogen and oxygen atoms in total. The van der Waals surface area contributed by atoms with Gasteiger partial charge in [0.25, 0.3) is 0 Å². The summed E-state index contributed by atoms with van der Waals surface area (Å²) in [6, 6.07) is 0. The fraction of sp³-hybridized carbons (Fsp3) is 0.917. The van der Waals surface area contributed by atoms with E-state index in [2.05, 4.69) is 13.8 Å². The molecule has 0 aromatic heterocycles. The molecule has 13 heavy (non-hydrogen) atoms.